The number of furan rings is 1. The molecule has 2 aromatic heterocycles. The fourth-order valence-electron chi connectivity index (χ4n) is 9.15. The van der Waals surface area contributed by atoms with Gasteiger partial charge in [-0.1, -0.05) is 152 Å². The van der Waals surface area contributed by atoms with E-state index in [1.165, 1.54) is 49.3 Å². The molecular formula is C56H36N2O. The minimum atomic E-state index is 0.870. The van der Waals surface area contributed by atoms with Crippen molar-refractivity contribution >= 4 is 82.4 Å². The highest BCUT2D eigenvalue weighted by Crippen LogP contribution is 2.48. The third kappa shape index (κ3) is 5.44. The summed E-state index contributed by atoms with van der Waals surface area (Å²) in [5.41, 5.74) is 13.2. The maximum absolute atomic E-state index is 6.62. The molecule has 0 fully saturated rings. The van der Waals surface area contributed by atoms with E-state index < -0.39 is 0 Å². The summed E-state index contributed by atoms with van der Waals surface area (Å²) in [6.45, 7) is 0. The van der Waals surface area contributed by atoms with Crippen molar-refractivity contribution in [3.63, 3.8) is 0 Å². The van der Waals surface area contributed by atoms with Crippen LogP contribution in [-0.2, 0) is 0 Å². The molecule has 2 heterocycles. The van der Waals surface area contributed by atoms with Crippen molar-refractivity contribution in [1.82, 2.24) is 4.57 Å². The molecule has 0 amide bonds. The van der Waals surface area contributed by atoms with Gasteiger partial charge in [0.25, 0.3) is 0 Å². The van der Waals surface area contributed by atoms with E-state index >= 15 is 0 Å². The van der Waals surface area contributed by atoms with Gasteiger partial charge in [-0.2, -0.15) is 0 Å². The number of para-hydroxylation sites is 2. The SMILES string of the molecule is c1ccc(-c2ccc(-n3c4ccccc4c4cc(N(c5ccc(-c6ccc7ccccc7c6)cc5)c5c6ccccc6cc6oc7ccccc7c56)ccc43)cc2)cc1. The van der Waals surface area contributed by atoms with Gasteiger partial charge in [-0.25, -0.2) is 0 Å². The van der Waals surface area contributed by atoms with Crippen LogP contribution in [-0.4, -0.2) is 4.57 Å². The van der Waals surface area contributed by atoms with Crippen molar-refractivity contribution < 1.29 is 4.42 Å². The van der Waals surface area contributed by atoms with Crippen LogP contribution in [0.3, 0.4) is 0 Å². The zero-order valence-corrected chi connectivity index (χ0v) is 32.1. The Kier molecular flexibility index (Phi) is 7.54. The summed E-state index contributed by atoms with van der Waals surface area (Å²) in [5.74, 6) is 0. The third-order valence-corrected chi connectivity index (χ3v) is 11.9. The summed E-state index contributed by atoms with van der Waals surface area (Å²) in [4.78, 5) is 2.44. The van der Waals surface area contributed by atoms with Crippen molar-refractivity contribution in [3.05, 3.63) is 218 Å². The van der Waals surface area contributed by atoms with Gasteiger partial charge in [0.2, 0.25) is 0 Å². The largest absolute Gasteiger partial charge is 0.456 e. The Balaban J connectivity index is 1.09. The van der Waals surface area contributed by atoms with Crippen molar-refractivity contribution in [2.45, 2.75) is 0 Å². The van der Waals surface area contributed by atoms with E-state index in [-0.39, 0.29) is 0 Å². The lowest BCUT2D eigenvalue weighted by Gasteiger charge is -2.28. The lowest BCUT2D eigenvalue weighted by molar-refractivity contribution is 0.669. The van der Waals surface area contributed by atoms with E-state index in [0.717, 1.165) is 61.0 Å². The fourth-order valence-corrected chi connectivity index (χ4v) is 9.15. The lowest BCUT2D eigenvalue weighted by Crippen LogP contribution is -2.11. The molecule has 0 spiro atoms. The molecule has 12 aromatic rings. The molecule has 0 atom stereocenters. The number of hydrogen-bond acceptors (Lipinski definition) is 2. The zero-order chi connectivity index (χ0) is 38.9. The minimum absolute atomic E-state index is 0.870. The molecule has 0 aliphatic carbocycles. The summed E-state index contributed by atoms with van der Waals surface area (Å²) in [6.07, 6.45) is 0. The molecule has 0 aliphatic heterocycles. The quantitative estimate of drug-likeness (QED) is 0.169. The van der Waals surface area contributed by atoms with Crippen LogP contribution in [0.2, 0.25) is 0 Å². The summed E-state index contributed by atoms with van der Waals surface area (Å²) in [6, 6.07) is 78.8. The van der Waals surface area contributed by atoms with E-state index in [9.17, 15) is 0 Å². The molecule has 0 saturated heterocycles. The number of fused-ring (bicyclic) bond motifs is 8. The van der Waals surface area contributed by atoms with Gasteiger partial charge in [-0.3, -0.25) is 0 Å². The lowest BCUT2D eigenvalue weighted by atomic mass is 9.99. The van der Waals surface area contributed by atoms with Crippen molar-refractivity contribution in [3.8, 4) is 27.9 Å². The van der Waals surface area contributed by atoms with Crippen molar-refractivity contribution in [1.29, 1.82) is 0 Å². The highest BCUT2D eigenvalue weighted by Gasteiger charge is 2.24. The molecule has 3 heteroatoms. The molecule has 0 aliphatic rings. The second kappa shape index (κ2) is 13.4. The molecule has 0 bridgehead atoms. The van der Waals surface area contributed by atoms with Crippen LogP contribution >= 0.6 is 0 Å². The average Bonchev–Trinajstić information content (AvgIpc) is 3.84. The van der Waals surface area contributed by atoms with Crippen LogP contribution < -0.4 is 4.90 Å². The molecule has 3 nitrogen and oxygen atoms in total. The minimum Gasteiger partial charge on any atom is -0.456 e. The molecule has 0 unspecified atom stereocenters. The summed E-state index contributed by atoms with van der Waals surface area (Å²) < 4.78 is 9.02. The van der Waals surface area contributed by atoms with Crippen molar-refractivity contribution in [2.24, 2.45) is 0 Å². The molecule has 276 valence electrons. The van der Waals surface area contributed by atoms with Crippen molar-refractivity contribution in [2.75, 3.05) is 4.90 Å². The molecule has 12 rings (SSSR count). The van der Waals surface area contributed by atoms with Crippen LogP contribution in [0.25, 0.3) is 93.2 Å². The Morgan fingerprint density at radius 1 is 0.339 bits per heavy atom. The van der Waals surface area contributed by atoms with E-state index in [1.807, 2.05) is 6.07 Å². The first-order chi connectivity index (χ1) is 29.2. The maximum atomic E-state index is 6.62. The van der Waals surface area contributed by atoms with Crippen LogP contribution in [0.15, 0.2) is 223 Å². The van der Waals surface area contributed by atoms with Crippen LogP contribution in [0.5, 0.6) is 0 Å². The van der Waals surface area contributed by atoms with E-state index in [1.54, 1.807) is 0 Å². The van der Waals surface area contributed by atoms with Gasteiger partial charge < -0.3 is 13.9 Å². The van der Waals surface area contributed by atoms with Gasteiger partial charge in [0.1, 0.15) is 11.2 Å². The first-order valence-corrected chi connectivity index (χ1v) is 20.2. The molecule has 10 aromatic carbocycles. The predicted octanol–water partition coefficient (Wildman–Crippen LogP) is 15.8. The number of rotatable bonds is 6. The van der Waals surface area contributed by atoms with Crippen LogP contribution in [0.1, 0.15) is 0 Å². The van der Waals surface area contributed by atoms with Gasteiger partial charge >= 0.3 is 0 Å². The Hall–Kier alpha value is -7.88. The second-order valence-corrected chi connectivity index (χ2v) is 15.3. The Labute approximate surface area is 341 Å². The van der Waals surface area contributed by atoms with Gasteiger partial charge in [0.15, 0.2) is 0 Å². The highest BCUT2D eigenvalue weighted by molar-refractivity contribution is 6.22. The Bertz CT molecular complexity index is 3540. The summed E-state index contributed by atoms with van der Waals surface area (Å²) >= 11 is 0. The number of benzene rings is 10. The highest BCUT2D eigenvalue weighted by atomic mass is 16.3. The number of nitrogens with zero attached hydrogens (tertiary/aromatic N) is 2. The summed E-state index contributed by atoms with van der Waals surface area (Å²) in [5, 5.41) is 9.36. The Morgan fingerprint density at radius 2 is 0.932 bits per heavy atom. The fraction of sp³-hybridized carbons (Fsp3) is 0. The number of aromatic nitrogens is 1. The zero-order valence-electron chi connectivity index (χ0n) is 32.1. The molecular weight excluding hydrogens is 717 g/mol. The van der Waals surface area contributed by atoms with Gasteiger partial charge in [0.05, 0.1) is 22.1 Å². The molecule has 0 radical (unpaired) electrons. The second-order valence-electron chi connectivity index (χ2n) is 15.3. The normalized spacial score (nSPS) is 11.7. The van der Waals surface area contributed by atoms with E-state index in [0.29, 0.717) is 0 Å². The van der Waals surface area contributed by atoms with Gasteiger partial charge in [-0.15, -0.1) is 0 Å². The molecule has 0 N–H and O–H groups in total. The van der Waals surface area contributed by atoms with Crippen LogP contribution in [0, 0.1) is 0 Å². The maximum Gasteiger partial charge on any atom is 0.138 e. The standard InChI is InChI=1S/C56H36N2O/c1-2-12-37(13-3-1)39-24-30-45(31-25-39)58-51-20-10-8-18-48(51)50-36-46(32-33-52(50)58)57(44-28-26-40(27-29-44)42-23-22-38-14-4-5-15-41(38)34-42)56-47-17-7-6-16-43(47)35-54-55(56)49-19-9-11-21-53(49)59-54/h1-36H. The van der Waals surface area contributed by atoms with Crippen LogP contribution in [0.4, 0.5) is 17.1 Å². The third-order valence-electron chi connectivity index (χ3n) is 11.9. The van der Waals surface area contributed by atoms with E-state index in [2.05, 4.69) is 222 Å². The average molecular weight is 753 g/mol. The topological polar surface area (TPSA) is 21.3 Å². The first kappa shape index (κ1) is 33.3. The smallest absolute Gasteiger partial charge is 0.138 e. The molecule has 0 saturated carbocycles. The van der Waals surface area contributed by atoms with Gasteiger partial charge in [0, 0.05) is 38.6 Å². The monoisotopic (exact) mass is 752 g/mol. The molecule has 59 heavy (non-hydrogen) atoms. The Morgan fingerprint density at radius 3 is 1.76 bits per heavy atom. The number of anilines is 3. The summed E-state index contributed by atoms with van der Waals surface area (Å²) in [7, 11) is 0. The van der Waals surface area contributed by atoms with Gasteiger partial charge in [-0.05, 0) is 105 Å². The number of hydrogen-bond donors (Lipinski definition) is 0. The van der Waals surface area contributed by atoms with E-state index in [4.69, 9.17) is 4.42 Å². The first-order valence-electron chi connectivity index (χ1n) is 20.2. The predicted molar refractivity (Wildman–Crippen MR) is 249 cm³/mol.